The van der Waals surface area contributed by atoms with Crippen LogP contribution in [0.2, 0.25) is 0 Å². The Kier molecular flexibility index (Phi) is 5.65. The molecule has 2 aromatic carbocycles. The highest BCUT2D eigenvalue weighted by Gasteiger charge is 2.38. The summed E-state index contributed by atoms with van der Waals surface area (Å²) in [5.41, 5.74) is 1.89. The molecule has 0 bridgehead atoms. The SMILES string of the molecule is CCCOc1ccc(S(=O)(=O)NCC2(OC)Cc3ccccc3C2)cc1. The highest BCUT2D eigenvalue weighted by molar-refractivity contribution is 7.89. The lowest BCUT2D eigenvalue weighted by molar-refractivity contribution is 0.00378. The van der Waals surface area contributed by atoms with Crippen LogP contribution in [-0.2, 0) is 27.6 Å². The van der Waals surface area contributed by atoms with E-state index >= 15 is 0 Å². The minimum Gasteiger partial charge on any atom is -0.494 e. The number of benzene rings is 2. The number of sulfonamides is 1. The second kappa shape index (κ2) is 7.78. The normalized spacial score (nSPS) is 15.6. The van der Waals surface area contributed by atoms with Gasteiger partial charge in [-0.15, -0.1) is 0 Å². The Hall–Kier alpha value is -1.89. The van der Waals surface area contributed by atoms with Crippen LogP contribution in [0.25, 0.3) is 0 Å². The van der Waals surface area contributed by atoms with Gasteiger partial charge in [-0.25, -0.2) is 13.1 Å². The van der Waals surface area contributed by atoms with Gasteiger partial charge in [-0.3, -0.25) is 0 Å². The molecule has 1 aliphatic carbocycles. The molecule has 0 spiro atoms. The molecule has 0 saturated carbocycles. The van der Waals surface area contributed by atoms with Gasteiger partial charge in [-0.05, 0) is 41.8 Å². The van der Waals surface area contributed by atoms with E-state index in [0.717, 1.165) is 6.42 Å². The Morgan fingerprint density at radius 1 is 1.04 bits per heavy atom. The highest BCUT2D eigenvalue weighted by atomic mass is 32.2. The van der Waals surface area contributed by atoms with Crippen molar-refractivity contribution in [3.63, 3.8) is 0 Å². The van der Waals surface area contributed by atoms with Crippen LogP contribution in [0, 0.1) is 0 Å². The summed E-state index contributed by atoms with van der Waals surface area (Å²) in [6.07, 6.45) is 2.31. The molecule has 0 unspecified atom stereocenters. The van der Waals surface area contributed by atoms with Gasteiger partial charge in [0, 0.05) is 26.5 Å². The largest absolute Gasteiger partial charge is 0.494 e. The zero-order valence-electron chi connectivity index (χ0n) is 15.2. The van der Waals surface area contributed by atoms with Crippen molar-refractivity contribution in [2.24, 2.45) is 0 Å². The molecule has 0 saturated heterocycles. The highest BCUT2D eigenvalue weighted by Crippen LogP contribution is 2.32. The van der Waals surface area contributed by atoms with Crippen LogP contribution in [0.15, 0.2) is 53.4 Å². The van der Waals surface area contributed by atoms with Gasteiger partial charge < -0.3 is 9.47 Å². The van der Waals surface area contributed by atoms with E-state index in [1.54, 1.807) is 31.4 Å². The molecule has 0 amide bonds. The summed E-state index contributed by atoms with van der Waals surface area (Å²) in [4.78, 5) is 0.225. The van der Waals surface area contributed by atoms with Gasteiger partial charge >= 0.3 is 0 Å². The molecule has 140 valence electrons. The lowest BCUT2D eigenvalue weighted by atomic mass is 10.0. The first-order valence-electron chi connectivity index (χ1n) is 8.82. The van der Waals surface area contributed by atoms with Gasteiger partial charge in [0.15, 0.2) is 0 Å². The number of methoxy groups -OCH3 is 1. The third-order valence-electron chi connectivity index (χ3n) is 4.77. The van der Waals surface area contributed by atoms with Crippen LogP contribution < -0.4 is 9.46 Å². The van der Waals surface area contributed by atoms with E-state index in [9.17, 15) is 8.42 Å². The van der Waals surface area contributed by atoms with E-state index in [4.69, 9.17) is 9.47 Å². The van der Waals surface area contributed by atoms with Crippen LogP contribution in [0.1, 0.15) is 24.5 Å². The lowest BCUT2D eigenvalue weighted by Crippen LogP contribution is -2.45. The van der Waals surface area contributed by atoms with E-state index in [0.29, 0.717) is 25.2 Å². The Labute approximate surface area is 155 Å². The van der Waals surface area contributed by atoms with Crippen molar-refractivity contribution in [2.45, 2.75) is 36.7 Å². The topological polar surface area (TPSA) is 64.6 Å². The quantitative estimate of drug-likeness (QED) is 0.770. The predicted octanol–water partition coefficient (Wildman–Crippen LogP) is 2.94. The third kappa shape index (κ3) is 4.09. The first kappa shape index (κ1) is 18.9. The summed E-state index contributed by atoms with van der Waals surface area (Å²) >= 11 is 0. The molecule has 3 rings (SSSR count). The molecule has 5 nitrogen and oxygen atoms in total. The molecule has 0 aliphatic heterocycles. The van der Waals surface area contributed by atoms with Gasteiger partial charge in [0.1, 0.15) is 5.75 Å². The zero-order chi connectivity index (χ0) is 18.6. The van der Waals surface area contributed by atoms with E-state index in [1.165, 1.54) is 11.1 Å². The van der Waals surface area contributed by atoms with Crippen molar-refractivity contribution in [2.75, 3.05) is 20.3 Å². The van der Waals surface area contributed by atoms with Gasteiger partial charge in [-0.1, -0.05) is 31.2 Å². The number of nitrogens with one attached hydrogen (secondary N) is 1. The smallest absolute Gasteiger partial charge is 0.240 e. The minimum atomic E-state index is -3.61. The molecule has 0 heterocycles. The molecule has 0 atom stereocenters. The standard InChI is InChI=1S/C20H25NO4S/c1-3-12-25-18-8-10-19(11-9-18)26(22,23)21-15-20(24-2)13-16-6-4-5-7-17(16)14-20/h4-11,21H,3,12-15H2,1-2H3. The van der Waals surface area contributed by atoms with E-state index < -0.39 is 15.6 Å². The van der Waals surface area contributed by atoms with E-state index in [1.807, 2.05) is 19.1 Å². The average Bonchev–Trinajstić information content (AvgIpc) is 3.04. The fraction of sp³-hybridized carbons (Fsp3) is 0.400. The van der Waals surface area contributed by atoms with Crippen LogP contribution in [0.4, 0.5) is 0 Å². The minimum absolute atomic E-state index is 0.225. The molecular weight excluding hydrogens is 350 g/mol. The third-order valence-corrected chi connectivity index (χ3v) is 6.19. The monoisotopic (exact) mass is 375 g/mol. The predicted molar refractivity (Wildman–Crippen MR) is 101 cm³/mol. The fourth-order valence-corrected chi connectivity index (χ4v) is 4.36. The van der Waals surface area contributed by atoms with Crippen molar-refractivity contribution < 1.29 is 17.9 Å². The van der Waals surface area contributed by atoms with Crippen LogP contribution >= 0.6 is 0 Å². The molecule has 0 radical (unpaired) electrons. The van der Waals surface area contributed by atoms with Crippen LogP contribution in [0.5, 0.6) is 5.75 Å². The Morgan fingerprint density at radius 2 is 1.65 bits per heavy atom. The van der Waals surface area contributed by atoms with Gasteiger partial charge in [0.2, 0.25) is 10.0 Å². The summed E-state index contributed by atoms with van der Waals surface area (Å²) in [7, 11) is -1.97. The van der Waals surface area contributed by atoms with E-state index in [-0.39, 0.29) is 11.4 Å². The van der Waals surface area contributed by atoms with Gasteiger partial charge in [-0.2, -0.15) is 0 Å². The molecule has 2 aromatic rings. The maximum absolute atomic E-state index is 12.6. The molecule has 1 aliphatic rings. The fourth-order valence-electron chi connectivity index (χ4n) is 3.25. The Balaban J connectivity index is 1.68. The summed E-state index contributed by atoms with van der Waals surface area (Å²) in [6, 6.07) is 14.6. The maximum Gasteiger partial charge on any atom is 0.240 e. The van der Waals surface area contributed by atoms with Gasteiger partial charge in [0.05, 0.1) is 17.1 Å². The average molecular weight is 375 g/mol. The first-order chi connectivity index (χ1) is 12.5. The number of fused-ring (bicyclic) bond motifs is 1. The second-order valence-corrected chi connectivity index (χ2v) is 8.42. The molecule has 6 heteroatoms. The molecule has 0 aromatic heterocycles. The molecule has 0 fully saturated rings. The van der Waals surface area contributed by atoms with Crippen molar-refractivity contribution in [1.82, 2.24) is 4.72 Å². The number of rotatable bonds is 8. The van der Waals surface area contributed by atoms with Crippen molar-refractivity contribution in [3.8, 4) is 5.75 Å². The number of hydrogen-bond donors (Lipinski definition) is 1. The Morgan fingerprint density at radius 3 is 2.19 bits per heavy atom. The summed E-state index contributed by atoms with van der Waals surface area (Å²) in [6.45, 7) is 2.87. The molecular formula is C20H25NO4S. The molecule has 26 heavy (non-hydrogen) atoms. The Bertz CT molecular complexity index is 821. The number of hydrogen-bond acceptors (Lipinski definition) is 4. The van der Waals surface area contributed by atoms with Crippen molar-refractivity contribution in [1.29, 1.82) is 0 Å². The van der Waals surface area contributed by atoms with Crippen molar-refractivity contribution >= 4 is 10.0 Å². The summed E-state index contributed by atoms with van der Waals surface area (Å²) in [5.74, 6) is 0.672. The lowest BCUT2D eigenvalue weighted by Gasteiger charge is -2.27. The van der Waals surface area contributed by atoms with Gasteiger partial charge in [0.25, 0.3) is 0 Å². The molecule has 1 N–H and O–H groups in total. The van der Waals surface area contributed by atoms with E-state index in [2.05, 4.69) is 16.9 Å². The van der Waals surface area contributed by atoms with Crippen molar-refractivity contribution in [3.05, 3.63) is 59.7 Å². The summed E-state index contributed by atoms with van der Waals surface area (Å²) in [5, 5.41) is 0. The van der Waals surface area contributed by atoms with Crippen LogP contribution in [-0.4, -0.2) is 34.3 Å². The maximum atomic E-state index is 12.6. The van der Waals surface area contributed by atoms with Crippen LogP contribution in [0.3, 0.4) is 0 Å². The summed E-state index contributed by atoms with van der Waals surface area (Å²) < 4.78 is 39.2. The number of ether oxygens (including phenoxy) is 2. The first-order valence-corrected chi connectivity index (χ1v) is 10.3. The second-order valence-electron chi connectivity index (χ2n) is 6.65. The zero-order valence-corrected chi connectivity index (χ0v) is 16.0.